The van der Waals surface area contributed by atoms with Crippen molar-refractivity contribution in [3.05, 3.63) is 0 Å². The van der Waals surface area contributed by atoms with Gasteiger partial charge in [-0.1, -0.05) is 20.3 Å². The number of aliphatic carboxylic acids is 1. The first-order chi connectivity index (χ1) is 15.2. The third-order valence-corrected chi connectivity index (χ3v) is 6.00. The van der Waals surface area contributed by atoms with E-state index in [1.54, 1.807) is 20.8 Å². The first-order valence-electron chi connectivity index (χ1n) is 11.7. The zero-order chi connectivity index (χ0) is 25.3. The fourth-order valence-electron chi connectivity index (χ4n) is 3.78. The van der Waals surface area contributed by atoms with Crippen LogP contribution in [0.5, 0.6) is 0 Å². The summed E-state index contributed by atoms with van der Waals surface area (Å²) in [4.78, 5) is 48.5. The number of aliphatic hydroxyl groups is 1. The molecule has 10 heteroatoms. The highest BCUT2D eigenvalue weighted by Gasteiger charge is 2.32. The Labute approximate surface area is 196 Å². The minimum absolute atomic E-state index is 0.0759. The van der Waals surface area contributed by atoms with Crippen molar-refractivity contribution >= 4 is 23.9 Å². The van der Waals surface area contributed by atoms with Crippen LogP contribution in [0.15, 0.2) is 0 Å². The maximum absolute atomic E-state index is 12.8. The van der Waals surface area contributed by atoms with Crippen LogP contribution in [-0.2, 0) is 19.1 Å². The van der Waals surface area contributed by atoms with E-state index in [2.05, 4.69) is 16.0 Å². The lowest BCUT2D eigenvalue weighted by Gasteiger charge is -2.30. The Morgan fingerprint density at radius 3 is 2.03 bits per heavy atom. The Hall–Kier alpha value is -2.36. The number of hydrogen-bond donors (Lipinski definition) is 5. The minimum atomic E-state index is -1.33. The third kappa shape index (κ3) is 9.98. The van der Waals surface area contributed by atoms with Gasteiger partial charge >= 0.3 is 12.1 Å². The van der Waals surface area contributed by atoms with Crippen molar-refractivity contribution in [1.82, 2.24) is 16.0 Å². The van der Waals surface area contributed by atoms with Gasteiger partial charge in [-0.25, -0.2) is 9.59 Å². The quantitative estimate of drug-likeness (QED) is 0.325. The number of carbonyl (C=O) groups is 4. The predicted octanol–water partition coefficient (Wildman–Crippen LogP) is 1.80. The van der Waals surface area contributed by atoms with Crippen LogP contribution in [0.3, 0.4) is 0 Å². The van der Waals surface area contributed by atoms with Gasteiger partial charge in [-0.15, -0.1) is 0 Å². The molecule has 33 heavy (non-hydrogen) atoms. The van der Waals surface area contributed by atoms with Gasteiger partial charge in [-0.2, -0.15) is 0 Å². The molecule has 0 aromatic carbocycles. The van der Waals surface area contributed by atoms with Crippen LogP contribution in [0.25, 0.3) is 0 Å². The Bertz CT molecular complexity index is 682. The molecule has 1 aliphatic rings. The van der Waals surface area contributed by atoms with Crippen molar-refractivity contribution < 1.29 is 34.1 Å². The van der Waals surface area contributed by atoms with Gasteiger partial charge in [0.2, 0.25) is 11.8 Å². The molecular weight excluding hydrogens is 430 g/mol. The van der Waals surface area contributed by atoms with E-state index >= 15 is 0 Å². The summed E-state index contributed by atoms with van der Waals surface area (Å²) in [6, 6.07) is -2.04. The molecule has 4 unspecified atom stereocenters. The monoisotopic (exact) mass is 471 g/mol. The third-order valence-electron chi connectivity index (χ3n) is 6.00. The van der Waals surface area contributed by atoms with Crippen LogP contribution in [0.2, 0.25) is 0 Å². The second-order valence-corrected chi connectivity index (χ2v) is 10.0. The fourth-order valence-corrected chi connectivity index (χ4v) is 3.78. The highest BCUT2D eigenvalue weighted by molar-refractivity contribution is 5.86. The molecule has 0 radical (unpaired) electrons. The Morgan fingerprint density at radius 1 is 1.00 bits per heavy atom. The van der Waals surface area contributed by atoms with Gasteiger partial charge in [-0.3, -0.25) is 9.59 Å². The molecule has 0 bridgehead atoms. The van der Waals surface area contributed by atoms with E-state index in [-0.39, 0.29) is 29.6 Å². The lowest BCUT2D eigenvalue weighted by atomic mass is 9.81. The minimum Gasteiger partial charge on any atom is -0.480 e. The van der Waals surface area contributed by atoms with Gasteiger partial charge < -0.3 is 30.9 Å². The van der Waals surface area contributed by atoms with Crippen molar-refractivity contribution in [3.8, 4) is 0 Å². The number of carboxylic acid groups (broad SMARTS) is 1. The average molecular weight is 472 g/mol. The van der Waals surface area contributed by atoms with E-state index < -0.39 is 35.9 Å². The Balaban J connectivity index is 2.55. The molecule has 4 atom stereocenters. The number of hydrogen-bond acceptors (Lipinski definition) is 6. The smallest absolute Gasteiger partial charge is 0.408 e. The van der Waals surface area contributed by atoms with E-state index in [0.717, 1.165) is 0 Å². The Kier molecular flexibility index (Phi) is 11.1. The summed E-state index contributed by atoms with van der Waals surface area (Å²) in [6.07, 6.45) is 1.44. The second kappa shape index (κ2) is 12.8. The van der Waals surface area contributed by atoms with Crippen molar-refractivity contribution in [1.29, 1.82) is 0 Å². The number of nitrogens with one attached hydrogen (secondary N) is 3. The van der Waals surface area contributed by atoms with Crippen LogP contribution < -0.4 is 16.0 Å². The standard InChI is InChI=1S/C23H41N3O7/c1-7-13(2)17(26-22(32)33-23(4,5)6)20(29)24-12-15-8-10-16(11-9-15)19(28)25-18(14(3)27)21(30)31/h13-18,27H,7-12H2,1-6H3,(H,24,29)(H,25,28)(H,26,32)(H,30,31). The maximum atomic E-state index is 12.8. The Morgan fingerprint density at radius 2 is 1.58 bits per heavy atom. The molecule has 0 aromatic rings. The van der Waals surface area contributed by atoms with E-state index in [1.807, 2.05) is 13.8 Å². The summed E-state index contributed by atoms with van der Waals surface area (Å²) in [5.41, 5.74) is -0.662. The molecule has 10 nitrogen and oxygen atoms in total. The summed E-state index contributed by atoms with van der Waals surface area (Å²) in [5, 5.41) is 26.7. The van der Waals surface area contributed by atoms with Crippen LogP contribution in [0.4, 0.5) is 4.79 Å². The van der Waals surface area contributed by atoms with Gasteiger partial charge in [0.1, 0.15) is 11.6 Å². The summed E-state index contributed by atoms with van der Waals surface area (Å²) in [6.45, 7) is 10.9. The van der Waals surface area contributed by atoms with E-state index in [1.165, 1.54) is 6.92 Å². The number of alkyl carbamates (subject to hydrolysis) is 1. The van der Waals surface area contributed by atoms with Crippen molar-refractivity contribution in [2.24, 2.45) is 17.8 Å². The van der Waals surface area contributed by atoms with Crippen molar-refractivity contribution in [2.75, 3.05) is 6.54 Å². The average Bonchev–Trinajstić information content (AvgIpc) is 2.72. The number of amides is 3. The normalized spacial score (nSPS) is 22.3. The van der Waals surface area contributed by atoms with Crippen LogP contribution in [-0.4, -0.2) is 64.4 Å². The summed E-state index contributed by atoms with van der Waals surface area (Å²) < 4.78 is 5.28. The molecule has 0 aromatic heterocycles. The van der Waals surface area contributed by atoms with Gasteiger partial charge in [0, 0.05) is 12.5 Å². The predicted molar refractivity (Wildman–Crippen MR) is 122 cm³/mol. The number of rotatable bonds is 10. The van der Waals surface area contributed by atoms with Crippen LogP contribution in [0.1, 0.15) is 73.6 Å². The molecule has 5 N–H and O–H groups in total. The van der Waals surface area contributed by atoms with Gasteiger partial charge in [0.25, 0.3) is 0 Å². The number of carbonyl (C=O) groups excluding carboxylic acids is 3. The molecule has 1 aliphatic carbocycles. The van der Waals surface area contributed by atoms with E-state index in [9.17, 15) is 24.3 Å². The zero-order valence-corrected chi connectivity index (χ0v) is 20.6. The van der Waals surface area contributed by atoms with Crippen LogP contribution in [0, 0.1) is 17.8 Å². The summed E-state index contributed by atoms with van der Waals surface area (Å²) in [7, 11) is 0. The number of aliphatic hydroxyl groups excluding tert-OH is 1. The van der Waals surface area contributed by atoms with Crippen molar-refractivity contribution in [3.63, 3.8) is 0 Å². The van der Waals surface area contributed by atoms with Gasteiger partial charge in [-0.05, 0) is 65.2 Å². The first-order valence-corrected chi connectivity index (χ1v) is 11.7. The fraction of sp³-hybridized carbons (Fsp3) is 0.826. The van der Waals surface area contributed by atoms with Crippen LogP contribution >= 0.6 is 0 Å². The van der Waals surface area contributed by atoms with E-state index in [0.29, 0.717) is 38.6 Å². The highest BCUT2D eigenvalue weighted by atomic mass is 16.6. The molecule has 1 rings (SSSR count). The van der Waals surface area contributed by atoms with Gasteiger partial charge in [0.05, 0.1) is 6.10 Å². The summed E-state index contributed by atoms with van der Waals surface area (Å²) >= 11 is 0. The SMILES string of the molecule is CCC(C)C(NC(=O)OC(C)(C)C)C(=O)NCC1CCC(C(=O)NC(C(=O)O)C(C)O)CC1. The topological polar surface area (TPSA) is 154 Å². The summed E-state index contributed by atoms with van der Waals surface area (Å²) in [5.74, 6) is -2.12. The largest absolute Gasteiger partial charge is 0.480 e. The lowest BCUT2D eigenvalue weighted by molar-refractivity contribution is -0.145. The zero-order valence-electron chi connectivity index (χ0n) is 20.6. The molecule has 0 spiro atoms. The molecule has 190 valence electrons. The molecule has 1 saturated carbocycles. The second-order valence-electron chi connectivity index (χ2n) is 10.0. The molecule has 0 aliphatic heterocycles. The number of ether oxygens (including phenoxy) is 1. The van der Waals surface area contributed by atoms with E-state index in [4.69, 9.17) is 9.84 Å². The lowest BCUT2D eigenvalue weighted by Crippen LogP contribution is -2.52. The first kappa shape index (κ1) is 28.7. The van der Waals surface area contributed by atoms with Gasteiger partial charge in [0.15, 0.2) is 6.04 Å². The molecule has 1 fully saturated rings. The maximum Gasteiger partial charge on any atom is 0.408 e. The molecule has 0 saturated heterocycles. The highest BCUT2D eigenvalue weighted by Crippen LogP contribution is 2.28. The molecular formula is C23H41N3O7. The number of carboxylic acids is 1. The van der Waals surface area contributed by atoms with Crippen molar-refractivity contribution in [2.45, 2.75) is 97.4 Å². The molecule has 0 heterocycles. The molecule has 3 amide bonds.